The summed E-state index contributed by atoms with van der Waals surface area (Å²) in [5.74, 6) is -1.24. The average molecular weight is 364 g/mol. The lowest BCUT2D eigenvalue weighted by atomic mass is 10.2. The maximum absolute atomic E-state index is 12.3. The van der Waals surface area contributed by atoms with Gasteiger partial charge in [0, 0.05) is 12.7 Å². The molecule has 0 unspecified atom stereocenters. The van der Waals surface area contributed by atoms with Crippen molar-refractivity contribution in [3.8, 4) is 6.07 Å². The molecule has 0 aliphatic carbocycles. The number of carbonyl (C=O) groups is 2. The number of anilines is 1. The Balaban J connectivity index is 1.62. The second kappa shape index (κ2) is 7.58. The fourth-order valence-corrected chi connectivity index (χ4v) is 2.70. The average Bonchev–Trinajstić information content (AvgIpc) is 2.92. The molecular formula is C19H16N4O4. The van der Waals surface area contributed by atoms with Crippen LogP contribution in [0.2, 0.25) is 0 Å². The van der Waals surface area contributed by atoms with Crippen LogP contribution in [0.1, 0.15) is 5.56 Å². The number of amides is 1. The minimum absolute atomic E-state index is 0.294. The first kappa shape index (κ1) is 17.9. The number of aryl methyl sites for hydroxylation is 1. The summed E-state index contributed by atoms with van der Waals surface area (Å²) in [6.45, 7) is -0.785. The molecule has 136 valence electrons. The van der Waals surface area contributed by atoms with Gasteiger partial charge in [0.25, 0.3) is 5.91 Å². The van der Waals surface area contributed by atoms with Crippen LogP contribution in [0.25, 0.3) is 11.0 Å². The molecule has 8 nitrogen and oxygen atoms in total. The summed E-state index contributed by atoms with van der Waals surface area (Å²) < 4.78 is 7.70. The van der Waals surface area contributed by atoms with Crippen LogP contribution in [0.3, 0.4) is 0 Å². The van der Waals surface area contributed by atoms with Crippen molar-refractivity contribution in [2.24, 2.45) is 7.05 Å². The monoisotopic (exact) mass is 364 g/mol. The van der Waals surface area contributed by atoms with Gasteiger partial charge in [0.2, 0.25) is 0 Å². The number of rotatable bonds is 5. The second-order valence-corrected chi connectivity index (χ2v) is 5.82. The highest BCUT2D eigenvalue weighted by Gasteiger charge is 2.15. The number of para-hydroxylation sites is 2. The number of hydrogen-bond acceptors (Lipinski definition) is 5. The standard InChI is InChI=1S/C19H16N4O4/c1-22-15-7-2-3-8-16(15)23(19(22)26)11-18(25)27-12-17(24)21-14-6-4-5-13(9-14)10-20/h2-9H,11-12H2,1H3,(H,21,24). The number of nitriles is 1. The highest BCUT2D eigenvalue weighted by Crippen LogP contribution is 2.12. The van der Waals surface area contributed by atoms with Crippen LogP contribution in [0, 0.1) is 11.3 Å². The van der Waals surface area contributed by atoms with Crippen molar-refractivity contribution in [1.82, 2.24) is 9.13 Å². The molecule has 3 aromatic rings. The Morgan fingerprint density at radius 3 is 2.63 bits per heavy atom. The highest BCUT2D eigenvalue weighted by molar-refractivity contribution is 5.93. The van der Waals surface area contributed by atoms with Gasteiger partial charge in [-0.2, -0.15) is 5.26 Å². The Labute approximate surface area is 154 Å². The summed E-state index contributed by atoms with van der Waals surface area (Å²) in [4.78, 5) is 36.2. The van der Waals surface area contributed by atoms with Gasteiger partial charge in [-0.25, -0.2) is 4.79 Å². The summed E-state index contributed by atoms with van der Waals surface area (Å²) in [7, 11) is 1.62. The van der Waals surface area contributed by atoms with E-state index in [2.05, 4.69) is 5.32 Å². The van der Waals surface area contributed by atoms with Crippen molar-refractivity contribution in [2.75, 3.05) is 11.9 Å². The Morgan fingerprint density at radius 2 is 1.89 bits per heavy atom. The number of esters is 1. The predicted molar refractivity (Wildman–Crippen MR) is 97.9 cm³/mol. The first-order valence-corrected chi connectivity index (χ1v) is 8.09. The fourth-order valence-electron chi connectivity index (χ4n) is 2.70. The van der Waals surface area contributed by atoms with Crippen LogP contribution in [0.5, 0.6) is 0 Å². The molecule has 0 saturated heterocycles. The zero-order valence-electron chi connectivity index (χ0n) is 14.5. The van der Waals surface area contributed by atoms with Crippen molar-refractivity contribution in [2.45, 2.75) is 6.54 Å². The minimum Gasteiger partial charge on any atom is -0.454 e. The molecule has 0 aliphatic heterocycles. The summed E-state index contributed by atoms with van der Waals surface area (Å²) in [5, 5.41) is 11.4. The molecule has 27 heavy (non-hydrogen) atoms. The summed E-state index contributed by atoms with van der Waals surface area (Å²) in [6, 6.07) is 15.4. The van der Waals surface area contributed by atoms with E-state index < -0.39 is 18.5 Å². The first-order chi connectivity index (χ1) is 13.0. The van der Waals surface area contributed by atoms with Crippen LogP contribution in [-0.4, -0.2) is 27.6 Å². The van der Waals surface area contributed by atoms with Gasteiger partial charge in [0.15, 0.2) is 6.61 Å². The van der Waals surface area contributed by atoms with E-state index in [0.717, 1.165) is 0 Å². The van der Waals surface area contributed by atoms with Gasteiger partial charge in [0.05, 0.1) is 22.7 Å². The van der Waals surface area contributed by atoms with Gasteiger partial charge >= 0.3 is 11.7 Å². The molecule has 0 aliphatic rings. The van der Waals surface area contributed by atoms with E-state index in [1.165, 1.54) is 15.2 Å². The lowest BCUT2D eigenvalue weighted by molar-refractivity contribution is -0.147. The lowest BCUT2D eigenvalue weighted by Crippen LogP contribution is -2.28. The Bertz CT molecular complexity index is 1120. The van der Waals surface area contributed by atoms with Gasteiger partial charge in [-0.1, -0.05) is 18.2 Å². The molecule has 0 fully saturated rings. The van der Waals surface area contributed by atoms with E-state index >= 15 is 0 Å². The summed E-state index contributed by atoms with van der Waals surface area (Å²) in [6.07, 6.45) is 0. The lowest BCUT2D eigenvalue weighted by Gasteiger charge is -2.07. The second-order valence-electron chi connectivity index (χ2n) is 5.82. The SMILES string of the molecule is Cn1c(=O)n(CC(=O)OCC(=O)Nc2cccc(C#N)c2)c2ccccc21. The molecular weight excluding hydrogens is 348 g/mol. The van der Waals surface area contributed by atoms with E-state index in [4.69, 9.17) is 10.00 Å². The topological polar surface area (TPSA) is 106 Å². The van der Waals surface area contributed by atoms with Crippen molar-refractivity contribution in [1.29, 1.82) is 5.26 Å². The number of ether oxygens (including phenoxy) is 1. The van der Waals surface area contributed by atoms with E-state index in [1.807, 2.05) is 6.07 Å². The molecule has 1 N–H and O–H groups in total. The van der Waals surface area contributed by atoms with Gasteiger partial charge < -0.3 is 10.1 Å². The van der Waals surface area contributed by atoms with E-state index in [9.17, 15) is 14.4 Å². The normalized spacial score (nSPS) is 10.4. The number of nitrogens with zero attached hydrogens (tertiary/aromatic N) is 3. The number of benzene rings is 2. The van der Waals surface area contributed by atoms with Crippen LogP contribution < -0.4 is 11.0 Å². The molecule has 1 heterocycles. The van der Waals surface area contributed by atoms with E-state index in [-0.39, 0.29) is 12.2 Å². The maximum Gasteiger partial charge on any atom is 0.329 e. The van der Waals surface area contributed by atoms with Crippen molar-refractivity contribution >= 4 is 28.6 Å². The van der Waals surface area contributed by atoms with Gasteiger partial charge in [-0.15, -0.1) is 0 Å². The number of fused-ring (bicyclic) bond motifs is 1. The Hall–Kier alpha value is -3.86. The van der Waals surface area contributed by atoms with Crippen LogP contribution in [0.15, 0.2) is 53.3 Å². The molecule has 0 atom stereocenters. The largest absolute Gasteiger partial charge is 0.454 e. The fraction of sp³-hybridized carbons (Fsp3) is 0.158. The molecule has 1 amide bonds. The third-order valence-electron chi connectivity index (χ3n) is 3.98. The quantitative estimate of drug-likeness (QED) is 0.689. The molecule has 3 rings (SSSR count). The van der Waals surface area contributed by atoms with Gasteiger partial charge in [-0.3, -0.25) is 18.7 Å². The first-order valence-electron chi connectivity index (χ1n) is 8.09. The molecule has 0 bridgehead atoms. The maximum atomic E-state index is 12.3. The van der Waals surface area contributed by atoms with Crippen LogP contribution in [0.4, 0.5) is 5.69 Å². The third-order valence-corrected chi connectivity index (χ3v) is 3.98. The third kappa shape index (κ3) is 3.88. The Kier molecular flexibility index (Phi) is 5.04. The predicted octanol–water partition coefficient (Wildman–Crippen LogP) is 1.39. The molecule has 2 aromatic carbocycles. The molecule has 1 aromatic heterocycles. The highest BCUT2D eigenvalue weighted by atomic mass is 16.5. The van der Waals surface area contributed by atoms with Crippen LogP contribution >= 0.6 is 0 Å². The zero-order valence-corrected chi connectivity index (χ0v) is 14.5. The summed E-state index contributed by atoms with van der Waals surface area (Å²) >= 11 is 0. The smallest absolute Gasteiger partial charge is 0.329 e. The van der Waals surface area contributed by atoms with Crippen LogP contribution in [-0.2, 0) is 27.9 Å². The molecule has 0 spiro atoms. The van der Waals surface area contributed by atoms with E-state index in [0.29, 0.717) is 22.3 Å². The molecule has 8 heteroatoms. The molecule has 0 saturated carbocycles. The number of hydrogen-bond donors (Lipinski definition) is 1. The molecule has 0 radical (unpaired) electrons. The van der Waals surface area contributed by atoms with Gasteiger partial charge in [0.1, 0.15) is 6.54 Å². The van der Waals surface area contributed by atoms with Crippen molar-refractivity contribution in [3.05, 3.63) is 64.6 Å². The van der Waals surface area contributed by atoms with Crippen molar-refractivity contribution in [3.63, 3.8) is 0 Å². The van der Waals surface area contributed by atoms with E-state index in [1.54, 1.807) is 49.5 Å². The number of aromatic nitrogens is 2. The summed E-state index contributed by atoms with van der Waals surface area (Å²) in [5.41, 5.74) is 1.80. The zero-order chi connectivity index (χ0) is 19.4. The number of carbonyl (C=O) groups excluding carboxylic acids is 2. The number of imidazole rings is 1. The van der Waals surface area contributed by atoms with Crippen molar-refractivity contribution < 1.29 is 14.3 Å². The number of nitrogens with one attached hydrogen (secondary N) is 1. The van der Waals surface area contributed by atoms with Gasteiger partial charge in [-0.05, 0) is 30.3 Å². The Morgan fingerprint density at radius 1 is 1.15 bits per heavy atom. The minimum atomic E-state index is -0.700.